The van der Waals surface area contributed by atoms with E-state index in [2.05, 4.69) is 26.0 Å². The van der Waals surface area contributed by atoms with Crippen LogP contribution in [0, 0.1) is 11.8 Å². The van der Waals surface area contributed by atoms with Gasteiger partial charge in [0, 0.05) is 12.3 Å². The molecule has 1 nitrogen and oxygen atoms in total. The number of carbonyl (C=O) groups excluding carboxylic acids is 1. The number of benzene rings is 1. The van der Waals surface area contributed by atoms with Crippen LogP contribution in [0.2, 0.25) is 0 Å². The van der Waals surface area contributed by atoms with E-state index in [1.165, 1.54) is 5.56 Å². The van der Waals surface area contributed by atoms with Gasteiger partial charge in [0.25, 0.3) is 0 Å². The van der Waals surface area contributed by atoms with Crippen molar-refractivity contribution in [2.75, 3.05) is 0 Å². The summed E-state index contributed by atoms with van der Waals surface area (Å²) in [6, 6.07) is 10.2. The summed E-state index contributed by atoms with van der Waals surface area (Å²) in [5, 5.41) is 0. The monoisotopic (exact) mass is 204 g/mol. The van der Waals surface area contributed by atoms with E-state index in [0.717, 1.165) is 6.42 Å². The number of rotatable bonds is 5. The highest BCUT2D eigenvalue weighted by Crippen LogP contribution is 2.13. The van der Waals surface area contributed by atoms with E-state index in [-0.39, 0.29) is 5.92 Å². The predicted molar refractivity (Wildman–Crippen MR) is 63.8 cm³/mol. The zero-order valence-corrected chi connectivity index (χ0v) is 9.86. The Bertz CT molecular complexity index is 300. The van der Waals surface area contributed by atoms with Crippen LogP contribution in [0.3, 0.4) is 0 Å². The quantitative estimate of drug-likeness (QED) is 0.717. The number of hydrogen-bond donors (Lipinski definition) is 0. The van der Waals surface area contributed by atoms with Crippen LogP contribution in [0.5, 0.6) is 0 Å². The zero-order chi connectivity index (χ0) is 11.3. The lowest BCUT2D eigenvalue weighted by atomic mass is 9.92. The van der Waals surface area contributed by atoms with Crippen molar-refractivity contribution >= 4 is 5.78 Å². The Kier molecular flexibility index (Phi) is 4.54. The maximum atomic E-state index is 11.8. The average molecular weight is 204 g/mol. The fourth-order valence-electron chi connectivity index (χ4n) is 1.69. The van der Waals surface area contributed by atoms with Crippen LogP contribution in [-0.4, -0.2) is 5.78 Å². The smallest absolute Gasteiger partial charge is 0.136 e. The van der Waals surface area contributed by atoms with Gasteiger partial charge in [-0.25, -0.2) is 0 Å². The standard InChI is InChI=1S/C14H20O/c1-11(2)9-14(15)12(3)10-13-7-5-4-6-8-13/h4-8,11-12H,9-10H2,1-3H3. The minimum atomic E-state index is 0.148. The molecule has 0 aliphatic heterocycles. The maximum Gasteiger partial charge on any atom is 0.136 e. The van der Waals surface area contributed by atoms with Crippen LogP contribution in [0.15, 0.2) is 30.3 Å². The van der Waals surface area contributed by atoms with E-state index in [1.54, 1.807) is 0 Å². The van der Waals surface area contributed by atoms with Crippen LogP contribution < -0.4 is 0 Å². The van der Waals surface area contributed by atoms with Gasteiger partial charge in [-0.1, -0.05) is 51.1 Å². The summed E-state index contributed by atoms with van der Waals surface area (Å²) in [6.07, 6.45) is 1.57. The van der Waals surface area contributed by atoms with Crippen molar-refractivity contribution in [1.29, 1.82) is 0 Å². The van der Waals surface area contributed by atoms with Gasteiger partial charge >= 0.3 is 0 Å². The summed E-state index contributed by atoms with van der Waals surface area (Å²) < 4.78 is 0. The molecule has 0 aliphatic carbocycles. The second-order valence-corrected chi connectivity index (χ2v) is 4.66. The highest BCUT2D eigenvalue weighted by atomic mass is 16.1. The Morgan fingerprint density at radius 1 is 1.13 bits per heavy atom. The SMILES string of the molecule is CC(C)CC(=O)C(C)Cc1ccccc1. The Morgan fingerprint density at radius 3 is 2.27 bits per heavy atom. The molecule has 1 unspecified atom stereocenters. The molecule has 0 bridgehead atoms. The molecule has 1 atom stereocenters. The van der Waals surface area contributed by atoms with Crippen LogP contribution in [0.25, 0.3) is 0 Å². The molecule has 0 radical (unpaired) electrons. The third kappa shape index (κ3) is 4.28. The molecule has 0 fully saturated rings. The molecule has 0 spiro atoms. The molecule has 0 aliphatic rings. The molecule has 82 valence electrons. The molecular formula is C14H20O. The maximum absolute atomic E-state index is 11.8. The second kappa shape index (κ2) is 5.69. The summed E-state index contributed by atoms with van der Waals surface area (Å²) in [4.78, 5) is 11.8. The van der Waals surface area contributed by atoms with Crippen LogP contribution in [-0.2, 0) is 11.2 Å². The third-order valence-electron chi connectivity index (χ3n) is 2.54. The van der Waals surface area contributed by atoms with Crippen LogP contribution >= 0.6 is 0 Å². The minimum Gasteiger partial charge on any atom is -0.299 e. The number of ketones is 1. The van der Waals surface area contributed by atoms with E-state index in [1.807, 2.05) is 25.1 Å². The van der Waals surface area contributed by atoms with Gasteiger partial charge in [-0.2, -0.15) is 0 Å². The van der Waals surface area contributed by atoms with Gasteiger partial charge in [0.2, 0.25) is 0 Å². The van der Waals surface area contributed by atoms with Gasteiger partial charge in [0.05, 0.1) is 0 Å². The topological polar surface area (TPSA) is 17.1 Å². The number of Topliss-reactive ketones (excluding diaryl/α,β-unsaturated/α-hetero) is 1. The van der Waals surface area contributed by atoms with Gasteiger partial charge in [-0.3, -0.25) is 4.79 Å². The summed E-state index contributed by atoms with van der Waals surface area (Å²) in [7, 11) is 0. The summed E-state index contributed by atoms with van der Waals surface area (Å²) >= 11 is 0. The Morgan fingerprint density at radius 2 is 1.73 bits per heavy atom. The lowest BCUT2D eigenvalue weighted by Gasteiger charge is -2.11. The molecule has 1 aromatic rings. The first-order valence-corrected chi connectivity index (χ1v) is 5.66. The minimum absolute atomic E-state index is 0.148. The summed E-state index contributed by atoms with van der Waals surface area (Å²) in [5.41, 5.74) is 1.25. The normalized spacial score (nSPS) is 12.8. The first-order chi connectivity index (χ1) is 7.09. The molecule has 0 N–H and O–H groups in total. The molecule has 1 heteroatoms. The van der Waals surface area contributed by atoms with Crippen molar-refractivity contribution < 1.29 is 4.79 Å². The second-order valence-electron chi connectivity index (χ2n) is 4.66. The van der Waals surface area contributed by atoms with E-state index in [9.17, 15) is 4.79 Å². The zero-order valence-electron chi connectivity index (χ0n) is 9.86. The largest absolute Gasteiger partial charge is 0.299 e. The molecule has 0 amide bonds. The lowest BCUT2D eigenvalue weighted by Crippen LogP contribution is -2.15. The van der Waals surface area contributed by atoms with E-state index in [4.69, 9.17) is 0 Å². The first-order valence-electron chi connectivity index (χ1n) is 5.66. The molecule has 1 rings (SSSR count). The lowest BCUT2D eigenvalue weighted by molar-refractivity contribution is -0.123. The summed E-state index contributed by atoms with van der Waals surface area (Å²) in [5.74, 6) is 0.999. The van der Waals surface area contributed by atoms with Gasteiger partial charge in [-0.05, 0) is 17.9 Å². The van der Waals surface area contributed by atoms with Crippen molar-refractivity contribution in [3.63, 3.8) is 0 Å². The number of carbonyl (C=O) groups is 1. The van der Waals surface area contributed by atoms with Crippen molar-refractivity contribution in [2.45, 2.75) is 33.6 Å². The molecule has 0 heterocycles. The van der Waals surface area contributed by atoms with Crippen molar-refractivity contribution in [1.82, 2.24) is 0 Å². The molecular weight excluding hydrogens is 184 g/mol. The fourth-order valence-corrected chi connectivity index (χ4v) is 1.69. The molecule has 15 heavy (non-hydrogen) atoms. The van der Waals surface area contributed by atoms with Crippen molar-refractivity contribution in [3.05, 3.63) is 35.9 Å². The summed E-state index contributed by atoms with van der Waals surface area (Å²) in [6.45, 7) is 6.21. The van der Waals surface area contributed by atoms with E-state index in [0.29, 0.717) is 18.1 Å². The molecule has 0 saturated carbocycles. The number of hydrogen-bond acceptors (Lipinski definition) is 1. The Hall–Kier alpha value is -1.11. The van der Waals surface area contributed by atoms with Crippen LogP contribution in [0.1, 0.15) is 32.8 Å². The van der Waals surface area contributed by atoms with Gasteiger partial charge in [-0.15, -0.1) is 0 Å². The third-order valence-corrected chi connectivity index (χ3v) is 2.54. The highest BCUT2D eigenvalue weighted by Gasteiger charge is 2.14. The Labute approximate surface area is 92.5 Å². The molecule has 0 aromatic heterocycles. The van der Waals surface area contributed by atoms with Gasteiger partial charge < -0.3 is 0 Å². The van der Waals surface area contributed by atoms with E-state index < -0.39 is 0 Å². The van der Waals surface area contributed by atoms with Crippen molar-refractivity contribution in [3.8, 4) is 0 Å². The molecule has 1 aromatic carbocycles. The Balaban J connectivity index is 2.49. The average Bonchev–Trinajstić information content (AvgIpc) is 2.18. The predicted octanol–water partition coefficient (Wildman–Crippen LogP) is 3.48. The first kappa shape index (κ1) is 12.0. The van der Waals surface area contributed by atoms with Crippen LogP contribution in [0.4, 0.5) is 0 Å². The van der Waals surface area contributed by atoms with E-state index >= 15 is 0 Å². The highest BCUT2D eigenvalue weighted by molar-refractivity contribution is 5.81. The van der Waals surface area contributed by atoms with Crippen molar-refractivity contribution in [2.24, 2.45) is 11.8 Å². The van der Waals surface area contributed by atoms with Gasteiger partial charge in [0.15, 0.2) is 0 Å². The molecule has 0 saturated heterocycles. The van der Waals surface area contributed by atoms with Gasteiger partial charge in [0.1, 0.15) is 5.78 Å². The fraction of sp³-hybridized carbons (Fsp3) is 0.500.